The van der Waals surface area contributed by atoms with Crippen LogP contribution in [0.4, 0.5) is 11.4 Å². The Bertz CT molecular complexity index is 1090. The fraction of sp³-hybridized carbons (Fsp3) is 0.200. The number of aromatic nitrogens is 2. The van der Waals surface area contributed by atoms with E-state index in [1.807, 2.05) is 29.8 Å². The number of anilines is 2. The highest BCUT2D eigenvalue weighted by molar-refractivity contribution is 7.92. The third kappa shape index (κ3) is 4.58. The predicted octanol–water partition coefficient (Wildman–Crippen LogP) is 2.89. The van der Waals surface area contributed by atoms with Crippen LogP contribution in [0.5, 0.6) is 0 Å². The number of aryl methyl sites for hydroxylation is 1. The highest BCUT2D eigenvalue weighted by Crippen LogP contribution is 2.21. The maximum Gasteiger partial charge on any atom is 0.255 e. The number of benzene rings is 2. The quantitative estimate of drug-likeness (QED) is 0.692. The zero-order chi connectivity index (χ0) is 20.3. The van der Waals surface area contributed by atoms with Crippen LogP contribution in [0.1, 0.15) is 21.7 Å². The van der Waals surface area contributed by atoms with Crippen molar-refractivity contribution in [1.82, 2.24) is 9.55 Å². The average Bonchev–Trinajstić information content (AvgIpc) is 3.06. The minimum absolute atomic E-state index is 0.260. The summed E-state index contributed by atoms with van der Waals surface area (Å²) in [4.78, 5) is 16.7. The van der Waals surface area contributed by atoms with Crippen molar-refractivity contribution >= 4 is 27.3 Å². The molecule has 8 heteroatoms. The Kier molecular flexibility index (Phi) is 5.51. The van der Waals surface area contributed by atoms with Gasteiger partial charge in [-0.25, -0.2) is 13.4 Å². The molecule has 2 aromatic carbocycles. The lowest BCUT2D eigenvalue weighted by Crippen LogP contribution is -2.24. The fourth-order valence-corrected chi connectivity index (χ4v) is 3.20. The number of rotatable bonds is 6. The van der Waals surface area contributed by atoms with Gasteiger partial charge in [0.25, 0.3) is 5.91 Å². The summed E-state index contributed by atoms with van der Waals surface area (Å²) in [5.41, 5.74) is 2.59. The topological polar surface area (TPSA) is 84.3 Å². The summed E-state index contributed by atoms with van der Waals surface area (Å²) < 4.78 is 26.6. The number of nitrogens with zero attached hydrogens (tertiary/aromatic N) is 3. The summed E-state index contributed by atoms with van der Waals surface area (Å²) >= 11 is 0. The van der Waals surface area contributed by atoms with Gasteiger partial charge in [0.1, 0.15) is 5.82 Å². The molecule has 0 aliphatic carbocycles. The lowest BCUT2D eigenvalue weighted by Gasteiger charge is -2.17. The van der Waals surface area contributed by atoms with Crippen molar-refractivity contribution in [3.05, 3.63) is 77.9 Å². The molecule has 0 atom stereocenters. The molecule has 0 fully saturated rings. The molecule has 0 aliphatic rings. The lowest BCUT2D eigenvalue weighted by molar-refractivity contribution is 0.102. The van der Waals surface area contributed by atoms with Gasteiger partial charge in [-0.3, -0.25) is 9.10 Å². The lowest BCUT2D eigenvalue weighted by atomic mass is 10.1. The van der Waals surface area contributed by atoms with E-state index in [4.69, 9.17) is 0 Å². The first-order chi connectivity index (χ1) is 13.2. The van der Waals surface area contributed by atoms with E-state index in [1.165, 1.54) is 7.05 Å². The second kappa shape index (κ2) is 7.85. The van der Waals surface area contributed by atoms with Gasteiger partial charge in [0.15, 0.2) is 0 Å². The van der Waals surface area contributed by atoms with Crippen molar-refractivity contribution in [3.8, 4) is 0 Å². The standard InChI is InChI=1S/C20H22N4O3S/c1-15-21-11-12-24(15)14-16-7-9-17(10-8-16)20(25)22-18-5-4-6-19(13-18)23(2)28(3,26)27/h4-13H,14H2,1-3H3,(H,22,25). The van der Waals surface area contributed by atoms with E-state index in [2.05, 4.69) is 10.3 Å². The van der Waals surface area contributed by atoms with Gasteiger partial charge in [0.2, 0.25) is 10.0 Å². The Morgan fingerprint density at radius 2 is 1.89 bits per heavy atom. The Balaban J connectivity index is 1.70. The van der Waals surface area contributed by atoms with Crippen LogP contribution in [0.15, 0.2) is 60.9 Å². The molecular weight excluding hydrogens is 376 g/mol. The molecule has 0 saturated carbocycles. The normalized spacial score (nSPS) is 11.2. The number of carbonyl (C=O) groups excluding carboxylic acids is 1. The molecule has 0 saturated heterocycles. The van der Waals surface area contributed by atoms with Crippen molar-refractivity contribution in [2.45, 2.75) is 13.5 Å². The molecule has 0 bridgehead atoms. The van der Waals surface area contributed by atoms with Crippen molar-refractivity contribution in [1.29, 1.82) is 0 Å². The van der Waals surface area contributed by atoms with Gasteiger partial charge in [0, 0.05) is 37.2 Å². The molecule has 1 amide bonds. The van der Waals surface area contributed by atoms with E-state index >= 15 is 0 Å². The van der Waals surface area contributed by atoms with Gasteiger partial charge >= 0.3 is 0 Å². The Morgan fingerprint density at radius 3 is 2.50 bits per heavy atom. The van der Waals surface area contributed by atoms with Crippen molar-refractivity contribution in [2.24, 2.45) is 0 Å². The van der Waals surface area contributed by atoms with E-state index in [-0.39, 0.29) is 5.91 Å². The van der Waals surface area contributed by atoms with E-state index in [9.17, 15) is 13.2 Å². The number of hydrogen-bond acceptors (Lipinski definition) is 4. The van der Waals surface area contributed by atoms with Crippen LogP contribution in [0.25, 0.3) is 0 Å². The maximum atomic E-state index is 12.5. The second-order valence-electron chi connectivity index (χ2n) is 6.53. The average molecular weight is 398 g/mol. The second-order valence-corrected chi connectivity index (χ2v) is 8.55. The molecule has 0 radical (unpaired) electrons. The first kappa shape index (κ1) is 19.6. The van der Waals surface area contributed by atoms with Gasteiger partial charge in [-0.1, -0.05) is 18.2 Å². The first-order valence-corrected chi connectivity index (χ1v) is 10.5. The Labute approximate surface area is 164 Å². The number of sulfonamides is 1. The van der Waals surface area contributed by atoms with Crippen LogP contribution < -0.4 is 9.62 Å². The third-order valence-electron chi connectivity index (χ3n) is 4.46. The maximum absolute atomic E-state index is 12.5. The SMILES string of the molecule is Cc1nccn1Cc1ccc(C(=O)Nc2cccc(N(C)S(C)(=O)=O)c2)cc1. The molecule has 1 N–H and O–H groups in total. The van der Waals surface area contributed by atoms with Crippen molar-refractivity contribution in [3.63, 3.8) is 0 Å². The van der Waals surface area contributed by atoms with Crippen molar-refractivity contribution in [2.75, 3.05) is 22.9 Å². The van der Waals surface area contributed by atoms with E-state index < -0.39 is 10.0 Å². The largest absolute Gasteiger partial charge is 0.331 e. The molecule has 28 heavy (non-hydrogen) atoms. The molecular formula is C20H22N4O3S. The van der Waals surface area contributed by atoms with Gasteiger partial charge < -0.3 is 9.88 Å². The summed E-state index contributed by atoms with van der Waals surface area (Å²) in [6.07, 6.45) is 4.80. The van der Waals surface area contributed by atoms with E-state index in [1.54, 1.807) is 42.6 Å². The van der Waals surface area contributed by atoms with Crippen LogP contribution in [0.3, 0.4) is 0 Å². The van der Waals surface area contributed by atoms with Gasteiger partial charge in [-0.2, -0.15) is 0 Å². The summed E-state index contributed by atoms with van der Waals surface area (Å²) in [6.45, 7) is 2.63. The van der Waals surface area contributed by atoms with Crippen LogP contribution in [0, 0.1) is 6.92 Å². The summed E-state index contributed by atoms with van der Waals surface area (Å²) in [7, 11) is -1.90. The minimum atomic E-state index is -3.37. The monoisotopic (exact) mass is 398 g/mol. The molecule has 146 valence electrons. The molecule has 3 rings (SSSR count). The molecule has 0 unspecified atom stereocenters. The summed E-state index contributed by atoms with van der Waals surface area (Å²) in [5, 5.41) is 2.80. The van der Waals surface area contributed by atoms with Crippen LogP contribution in [-0.4, -0.2) is 37.2 Å². The van der Waals surface area contributed by atoms with Gasteiger partial charge in [-0.15, -0.1) is 0 Å². The minimum Gasteiger partial charge on any atom is -0.331 e. The first-order valence-electron chi connectivity index (χ1n) is 8.66. The number of carbonyl (C=O) groups is 1. The smallest absolute Gasteiger partial charge is 0.255 e. The zero-order valence-corrected chi connectivity index (χ0v) is 16.8. The molecule has 0 aliphatic heterocycles. The highest BCUT2D eigenvalue weighted by Gasteiger charge is 2.13. The number of amides is 1. The fourth-order valence-electron chi connectivity index (χ4n) is 2.70. The van der Waals surface area contributed by atoms with Crippen molar-refractivity contribution < 1.29 is 13.2 Å². The summed E-state index contributed by atoms with van der Waals surface area (Å²) in [6, 6.07) is 14.0. The van der Waals surface area contributed by atoms with E-state index in [0.717, 1.165) is 21.9 Å². The number of hydrogen-bond donors (Lipinski definition) is 1. The molecule has 7 nitrogen and oxygen atoms in total. The predicted molar refractivity (Wildman–Crippen MR) is 110 cm³/mol. The molecule has 1 heterocycles. The zero-order valence-electron chi connectivity index (χ0n) is 16.0. The van der Waals surface area contributed by atoms with E-state index in [0.29, 0.717) is 23.5 Å². The molecule has 1 aromatic heterocycles. The van der Waals surface area contributed by atoms with Gasteiger partial charge in [-0.05, 0) is 42.8 Å². The van der Waals surface area contributed by atoms with Crippen LogP contribution in [-0.2, 0) is 16.6 Å². The highest BCUT2D eigenvalue weighted by atomic mass is 32.2. The Hall–Kier alpha value is -3.13. The number of nitrogens with one attached hydrogen (secondary N) is 1. The molecule has 0 spiro atoms. The number of imidazole rings is 1. The van der Waals surface area contributed by atoms with Crippen LogP contribution >= 0.6 is 0 Å². The summed E-state index contributed by atoms with van der Waals surface area (Å²) in [5.74, 6) is 0.672. The van der Waals surface area contributed by atoms with Gasteiger partial charge in [0.05, 0.1) is 11.9 Å². The third-order valence-corrected chi connectivity index (χ3v) is 5.66. The Morgan fingerprint density at radius 1 is 1.18 bits per heavy atom. The van der Waals surface area contributed by atoms with Crippen LogP contribution in [0.2, 0.25) is 0 Å². The molecule has 3 aromatic rings.